The first-order chi connectivity index (χ1) is 6.16. The molecule has 1 N–H and O–H groups in total. The lowest BCUT2D eigenvalue weighted by Crippen LogP contribution is -2.43. The Hall–Kier alpha value is -0.0800. The predicted octanol–water partition coefficient (Wildman–Crippen LogP) is 1.71. The summed E-state index contributed by atoms with van der Waals surface area (Å²) in [6, 6.07) is 1.53. The first-order valence-corrected chi connectivity index (χ1v) is 5.59. The molecule has 1 saturated heterocycles. The molecule has 0 amide bonds. The van der Waals surface area contributed by atoms with Crippen LogP contribution < -0.4 is 5.32 Å². The number of hydrogen-bond donors (Lipinski definition) is 1. The van der Waals surface area contributed by atoms with Crippen LogP contribution in [-0.4, -0.2) is 37.1 Å². The SMILES string of the molecule is CCC(C(C)C)N(C)C1CCNC1. The second kappa shape index (κ2) is 4.97. The van der Waals surface area contributed by atoms with E-state index < -0.39 is 0 Å². The van der Waals surface area contributed by atoms with E-state index in [4.69, 9.17) is 0 Å². The van der Waals surface area contributed by atoms with Crippen molar-refractivity contribution in [3.8, 4) is 0 Å². The topological polar surface area (TPSA) is 15.3 Å². The summed E-state index contributed by atoms with van der Waals surface area (Å²) in [5, 5.41) is 3.43. The van der Waals surface area contributed by atoms with Gasteiger partial charge in [0.25, 0.3) is 0 Å². The van der Waals surface area contributed by atoms with Crippen molar-refractivity contribution < 1.29 is 0 Å². The highest BCUT2D eigenvalue weighted by Gasteiger charge is 2.25. The highest BCUT2D eigenvalue weighted by Crippen LogP contribution is 2.18. The molecule has 13 heavy (non-hydrogen) atoms. The van der Waals surface area contributed by atoms with Gasteiger partial charge in [-0.25, -0.2) is 0 Å². The van der Waals surface area contributed by atoms with Crippen LogP contribution in [0.25, 0.3) is 0 Å². The van der Waals surface area contributed by atoms with Crippen molar-refractivity contribution >= 4 is 0 Å². The second-order valence-corrected chi connectivity index (χ2v) is 4.53. The van der Waals surface area contributed by atoms with Gasteiger partial charge in [0.1, 0.15) is 0 Å². The maximum Gasteiger partial charge on any atom is 0.0232 e. The standard InChI is InChI=1S/C11H24N2/c1-5-11(9(2)3)13(4)10-6-7-12-8-10/h9-12H,5-8H2,1-4H3. The number of hydrogen-bond acceptors (Lipinski definition) is 2. The Kier molecular flexibility index (Phi) is 4.20. The zero-order chi connectivity index (χ0) is 9.84. The summed E-state index contributed by atoms with van der Waals surface area (Å²) in [6.45, 7) is 9.33. The molecule has 0 aromatic carbocycles. The summed E-state index contributed by atoms with van der Waals surface area (Å²) in [5.74, 6) is 0.774. The largest absolute Gasteiger partial charge is 0.315 e. The van der Waals surface area contributed by atoms with Crippen molar-refractivity contribution in [2.24, 2.45) is 5.92 Å². The smallest absolute Gasteiger partial charge is 0.0232 e. The molecule has 2 unspecified atom stereocenters. The van der Waals surface area contributed by atoms with Gasteiger partial charge in [-0.2, -0.15) is 0 Å². The molecule has 1 rings (SSSR count). The van der Waals surface area contributed by atoms with E-state index in [2.05, 4.69) is 38.0 Å². The quantitative estimate of drug-likeness (QED) is 0.715. The molecule has 0 spiro atoms. The summed E-state index contributed by atoms with van der Waals surface area (Å²) >= 11 is 0. The van der Waals surface area contributed by atoms with Crippen molar-refractivity contribution in [2.45, 2.75) is 45.7 Å². The Labute approximate surface area is 82.7 Å². The van der Waals surface area contributed by atoms with Gasteiger partial charge in [0.05, 0.1) is 0 Å². The average Bonchev–Trinajstić information content (AvgIpc) is 2.56. The molecule has 78 valence electrons. The lowest BCUT2D eigenvalue weighted by atomic mass is 9.98. The fraction of sp³-hybridized carbons (Fsp3) is 1.00. The first kappa shape index (κ1) is 11.0. The maximum absolute atomic E-state index is 3.43. The Morgan fingerprint density at radius 3 is 2.54 bits per heavy atom. The fourth-order valence-electron chi connectivity index (χ4n) is 2.49. The number of nitrogens with zero attached hydrogens (tertiary/aromatic N) is 1. The van der Waals surface area contributed by atoms with E-state index >= 15 is 0 Å². The minimum Gasteiger partial charge on any atom is -0.315 e. The lowest BCUT2D eigenvalue weighted by Gasteiger charge is -2.34. The fourth-order valence-corrected chi connectivity index (χ4v) is 2.49. The third kappa shape index (κ3) is 2.68. The molecule has 0 aromatic heterocycles. The van der Waals surface area contributed by atoms with E-state index in [9.17, 15) is 0 Å². The van der Waals surface area contributed by atoms with Gasteiger partial charge < -0.3 is 5.32 Å². The number of likely N-dealkylation sites (N-methyl/N-ethyl adjacent to an activating group) is 1. The molecule has 0 radical (unpaired) electrons. The zero-order valence-electron chi connectivity index (χ0n) is 9.51. The zero-order valence-corrected chi connectivity index (χ0v) is 9.51. The number of rotatable bonds is 4. The Bertz CT molecular complexity index is 139. The molecular formula is C11H24N2. The molecule has 0 aromatic rings. The summed E-state index contributed by atoms with van der Waals surface area (Å²) in [5.41, 5.74) is 0. The van der Waals surface area contributed by atoms with Crippen LogP contribution in [-0.2, 0) is 0 Å². The van der Waals surface area contributed by atoms with Crippen molar-refractivity contribution in [3.63, 3.8) is 0 Å². The first-order valence-electron chi connectivity index (χ1n) is 5.59. The van der Waals surface area contributed by atoms with Gasteiger partial charge >= 0.3 is 0 Å². The van der Waals surface area contributed by atoms with Crippen LogP contribution >= 0.6 is 0 Å². The minimum absolute atomic E-state index is 0.755. The van der Waals surface area contributed by atoms with Crippen molar-refractivity contribution in [1.29, 1.82) is 0 Å². The highest BCUT2D eigenvalue weighted by molar-refractivity contribution is 4.83. The normalized spacial score (nSPS) is 25.8. The van der Waals surface area contributed by atoms with Crippen LogP contribution in [0, 0.1) is 5.92 Å². The Morgan fingerprint density at radius 2 is 2.15 bits per heavy atom. The van der Waals surface area contributed by atoms with E-state index in [0.29, 0.717) is 0 Å². The summed E-state index contributed by atoms with van der Waals surface area (Å²) in [6.07, 6.45) is 2.59. The van der Waals surface area contributed by atoms with Gasteiger partial charge in [0, 0.05) is 18.6 Å². The second-order valence-electron chi connectivity index (χ2n) is 4.53. The van der Waals surface area contributed by atoms with Gasteiger partial charge in [-0.3, -0.25) is 4.90 Å². The molecule has 1 fully saturated rings. The minimum atomic E-state index is 0.755. The number of nitrogens with one attached hydrogen (secondary N) is 1. The average molecular weight is 184 g/mol. The van der Waals surface area contributed by atoms with E-state index in [1.807, 2.05) is 0 Å². The van der Waals surface area contributed by atoms with Crippen LogP contribution in [0.2, 0.25) is 0 Å². The van der Waals surface area contributed by atoms with Crippen LogP contribution in [0.1, 0.15) is 33.6 Å². The van der Waals surface area contributed by atoms with Gasteiger partial charge in [-0.1, -0.05) is 20.8 Å². The molecule has 2 heteroatoms. The maximum atomic E-state index is 3.43. The van der Waals surface area contributed by atoms with Gasteiger partial charge in [-0.15, -0.1) is 0 Å². The van der Waals surface area contributed by atoms with E-state index in [1.54, 1.807) is 0 Å². The van der Waals surface area contributed by atoms with E-state index in [-0.39, 0.29) is 0 Å². The van der Waals surface area contributed by atoms with Crippen molar-refractivity contribution in [2.75, 3.05) is 20.1 Å². The van der Waals surface area contributed by atoms with Crippen LogP contribution in [0.5, 0.6) is 0 Å². The summed E-state index contributed by atoms with van der Waals surface area (Å²) in [7, 11) is 2.28. The molecule has 0 bridgehead atoms. The molecular weight excluding hydrogens is 160 g/mol. The Balaban J connectivity index is 2.46. The molecule has 1 aliphatic heterocycles. The molecule has 0 saturated carbocycles. The summed E-state index contributed by atoms with van der Waals surface area (Å²) in [4.78, 5) is 2.57. The third-order valence-corrected chi connectivity index (χ3v) is 3.32. The van der Waals surface area contributed by atoms with Crippen molar-refractivity contribution in [3.05, 3.63) is 0 Å². The molecule has 0 aliphatic carbocycles. The molecule has 1 aliphatic rings. The molecule has 2 nitrogen and oxygen atoms in total. The third-order valence-electron chi connectivity index (χ3n) is 3.32. The van der Waals surface area contributed by atoms with E-state index in [1.165, 1.54) is 25.9 Å². The van der Waals surface area contributed by atoms with Gasteiger partial charge in [-0.05, 0) is 32.4 Å². The van der Waals surface area contributed by atoms with Crippen LogP contribution in [0.3, 0.4) is 0 Å². The van der Waals surface area contributed by atoms with Crippen molar-refractivity contribution in [1.82, 2.24) is 10.2 Å². The predicted molar refractivity (Wildman–Crippen MR) is 58.0 cm³/mol. The van der Waals surface area contributed by atoms with Gasteiger partial charge in [0.15, 0.2) is 0 Å². The van der Waals surface area contributed by atoms with Crippen LogP contribution in [0.4, 0.5) is 0 Å². The van der Waals surface area contributed by atoms with E-state index in [0.717, 1.165) is 18.0 Å². The molecule has 1 heterocycles. The monoisotopic (exact) mass is 184 g/mol. The Morgan fingerprint density at radius 1 is 1.46 bits per heavy atom. The lowest BCUT2D eigenvalue weighted by molar-refractivity contribution is 0.140. The summed E-state index contributed by atoms with van der Waals surface area (Å²) < 4.78 is 0. The molecule has 2 atom stereocenters. The van der Waals surface area contributed by atoms with Gasteiger partial charge in [0.2, 0.25) is 0 Å². The van der Waals surface area contributed by atoms with Crippen LogP contribution in [0.15, 0.2) is 0 Å². The highest BCUT2D eigenvalue weighted by atomic mass is 15.2.